The van der Waals surface area contributed by atoms with Gasteiger partial charge in [0.1, 0.15) is 12.4 Å². The Morgan fingerprint density at radius 3 is 2.71 bits per heavy atom. The highest BCUT2D eigenvalue weighted by atomic mass is 16.5. The van der Waals surface area contributed by atoms with E-state index in [1.807, 2.05) is 12.1 Å². The molecule has 0 aliphatic heterocycles. The maximum atomic E-state index is 5.68. The second kappa shape index (κ2) is 8.09. The van der Waals surface area contributed by atoms with Crippen molar-refractivity contribution in [3.8, 4) is 5.75 Å². The van der Waals surface area contributed by atoms with Gasteiger partial charge in [-0.15, -0.1) is 0 Å². The molecule has 0 aliphatic rings. The van der Waals surface area contributed by atoms with Crippen LogP contribution in [0.25, 0.3) is 0 Å². The maximum Gasteiger partial charge on any atom is 0.123 e. The summed E-state index contributed by atoms with van der Waals surface area (Å²) in [5.74, 6) is 0.872. The van der Waals surface area contributed by atoms with E-state index in [0.29, 0.717) is 19.8 Å². The Bertz CT molecular complexity index is 326. The number of rotatable bonds is 8. The van der Waals surface area contributed by atoms with Gasteiger partial charge in [0.2, 0.25) is 0 Å². The standard InChI is InChI=1S/C14H23NO2/c1-3-4-7-16-8-9-17-14-6-5-12(2)10-13(14)11-15/h5-6,10H,3-4,7-9,11,15H2,1-2H3. The number of hydrogen-bond acceptors (Lipinski definition) is 3. The first-order valence-electron chi connectivity index (χ1n) is 6.28. The summed E-state index contributed by atoms with van der Waals surface area (Å²) in [7, 11) is 0. The highest BCUT2D eigenvalue weighted by Gasteiger charge is 2.02. The Balaban J connectivity index is 2.31. The van der Waals surface area contributed by atoms with Crippen molar-refractivity contribution in [3.05, 3.63) is 29.3 Å². The van der Waals surface area contributed by atoms with Crippen LogP contribution in [0.1, 0.15) is 30.9 Å². The summed E-state index contributed by atoms with van der Waals surface area (Å²) in [6.07, 6.45) is 2.27. The fourth-order valence-corrected chi connectivity index (χ4v) is 1.57. The molecule has 0 atom stereocenters. The Hall–Kier alpha value is -1.06. The van der Waals surface area contributed by atoms with Crippen molar-refractivity contribution in [2.45, 2.75) is 33.2 Å². The molecule has 0 heterocycles. The number of ether oxygens (including phenoxy) is 2. The molecule has 1 aromatic rings. The van der Waals surface area contributed by atoms with Crippen LogP contribution in [0.15, 0.2) is 18.2 Å². The van der Waals surface area contributed by atoms with Crippen molar-refractivity contribution >= 4 is 0 Å². The van der Waals surface area contributed by atoms with Gasteiger partial charge in [0.25, 0.3) is 0 Å². The summed E-state index contributed by atoms with van der Waals surface area (Å²) in [5, 5.41) is 0. The van der Waals surface area contributed by atoms with Crippen LogP contribution in [0.4, 0.5) is 0 Å². The van der Waals surface area contributed by atoms with Gasteiger partial charge in [0.05, 0.1) is 6.61 Å². The van der Waals surface area contributed by atoms with Gasteiger partial charge in [-0.3, -0.25) is 0 Å². The van der Waals surface area contributed by atoms with Crippen molar-refractivity contribution in [2.24, 2.45) is 5.73 Å². The molecule has 0 bridgehead atoms. The second-order valence-corrected chi connectivity index (χ2v) is 4.13. The monoisotopic (exact) mass is 237 g/mol. The Morgan fingerprint density at radius 1 is 1.18 bits per heavy atom. The zero-order valence-electron chi connectivity index (χ0n) is 10.9. The van der Waals surface area contributed by atoms with Gasteiger partial charge in [0, 0.05) is 18.7 Å². The molecule has 0 saturated carbocycles. The van der Waals surface area contributed by atoms with Crippen molar-refractivity contribution in [1.29, 1.82) is 0 Å². The van der Waals surface area contributed by atoms with Gasteiger partial charge in [-0.05, 0) is 19.4 Å². The van der Waals surface area contributed by atoms with Crippen LogP contribution >= 0.6 is 0 Å². The third-order valence-electron chi connectivity index (χ3n) is 2.56. The first-order chi connectivity index (χ1) is 8.27. The minimum absolute atomic E-state index is 0.508. The van der Waals surface area contributed by atoms with Crippen LogP contribution in [-0.2, 0) is 11.3 Å². The highest BCUT2D eigenvalue weighted by molar-refractivity contribution is 5.36. The number of benzene rings is 1. The molecule has 0 unspecified atom stereocenters. The van der Waals surface area contributed by atoms with E-state index in [1.165, 1.54) is 5.56 Å². The topological polar surface area (TPSA) is 44.5 Å². The predicted octanol–water partition coefficient (Wildman–Crippen LogP) is 2.65. The lowest BCUT2D eigenvalue weighted by atomic mass is 10.1. The van der Waals surface area contributed by atoms with E-state index in [-0.39, 0.29) is 0 Å². The Kier molecular flexibility index (Phi) is 6.67. The number of aryl methyl sites for hydroxylation is 1. The summed E-state index contributed by atoms with van der Waals surface area (Å²) in [6.45, 7) is 6.75. The number of hydrogen-bond donors (Lipinski definition) is 1. The first-order valence-corrected chi connectivity index (χ1v) is 6.28. The smallest absolute Gasteiger partial charge is 0.123 e. The predicted molar refractivity (Wildman–Crippen MR) is 70.3 cm³/mol. The van der Waals surface area contributed by atoms with E-state index in [0.717, 1.165) is 30.8 Å². The molecule has 2 N–H and O–H groups in total. The summed E-state index contributed by atoms with van der Waals surface area (Å²) in [5.41, 5.74) is 7.94. The summed E-state index contributed by atoms with van der Waals surface area (Å²) >= 11 is 0. The SMILES string of the molecule is CCCCOCCOc1ccc(C)cc1CN. The quantitative estimate of drug-likeness (QED) is 0.707. The van der Waals surface area contributed by atoms with Crippen LogP contribution in [0.5, 0.6) is 5.75 Å². The summed E-state index contributed by atoms with van der Waals surface area (Å²) in [4.78, 5) is 0. The molecule has 0 spiro atoms. The van der Waals surface area contributed by atoms with Gasteiger partial charge in [-0.1, -0.05) is 31.0 Å². The average Bonchev–Trinajstić information content (AvgIpc) is 2.35. The van der Waals surface area contributed by atoms with Crippen molar-refractivity contribution in [1.82, 2.24) is 0 Å². The van der Waals surface area contributed by atoms with E-state index >= 15 is 0 Å². The second-order valence-electron chi connectivity index (χ2n) is 4.13. The van der Waals surface area contributed by atoms with Crippen LogP contribution in [0.3, 0.4) is 0 Å². The molecule has 1 rings (SSSR count). The van der Waals surface area contributed by atoms with Crippen molar-refractivity contribution in [3.63, 3.8) is 0 Å². The molecule has 17 heavy (non-hydrogen) atoms. The highest BCUT2D eigenvalue weighted by Crippen LogP contribution is 2.19. The number of unbranched alkanes of at least 4 members (excludes halogenated alkanes) is 1. The van der Waals surface area contributed by atoms with E-state index in [1.54, 1.807) is 0 Å². The molecular weight excluding hydrogens is 214 g/mol. The molecule has 3 nitrogen and oxygen atoms in total. The largest absolute Gasteiger partial charge is 0.491 e. The van der Waals surface area contributed by atoms with Crippen LogP contribution < -0.4 is 10.5 Å². The van der Waals surface area contributed by atoms with Gasteiger partial charge >= 0.3 is 0 Å². The van der Waals surface area contributed by atoms with Gasteiger partial charge in [0.15, 0.2) is 0 Å². The lowest BCUT2D eigenvalue weighted by Crippen LogP contribution is -2.09. The van der Waals surface area contributed by atoms with Crippen LogP contribution in [0.2, 0.25) is 0 Å². The third kappa shape index (κ3) is 5.20. The number of nitrogens with two attached hydrogens (primary N) is 1. The van der Waals surface area contributed by atoms with Crippen molar-refractivity contribution in [2.75, 3.05) is 19.8 Å². The van der Waals surface area contributed by atoms with Crippen LogP contribution in [-0.4, -0.2) is 19.8 Å². The molecule has 0 amide bonds. The fraction of sp³-hybridized carbons (Fsp3) is 0.571. The molecule has 0 saturated heterocycles. The lowest BCUT2D eigenvalue weighted by molar-refractivity contribution is 0.0977. The normalized spacial score (nSPS) is 10.5. The van der Waals surface area contributed by atoms with E-state index in [9.17, 15) is 0 Å². The lowest BCUT2D eigenvalue weighted by Gasteiger charge is -2.11. The zero-order valence-corrected chi connectivity index (χ0v) is 10.9. The molecule has 0 radical (unpaired) electrons. The van der Waals surface area contributed by atoms with Gasteiger partial charge in [-0.2, -0.15) is 0 Å². The molecule has 1 aromatic carbocycles. The molecule has 0 fully saturated rings. The molecule has 0 aliphatic carbocycles. The Labute approximate surface area is 104 Å². The molecule has 96 valence electrons. The fourth-order valence-electron chi connectivity index (χ4n) is 1.57. The molecular formula is C14H23NO2. The average molecular weight is 237 g/mol. The van der Waals surface area contributed by atoms with E-state index in [2.05, 4.69) is 19.9 Å². The summed E-state index contributed by atoms with van der Waals surface area (Å²) in [6, 6.07) is 6.07. The first kappa shape index (κ1) is 14.0. The van der Waals surface area contributed by atoms with Gasteiger partial charge in [-0.25, -0.2) is 0 Å². The minimum atomic E-state index is 0.508. The Morgan fingerprint density at radius 2 is 2.00 bits per heavy atom. The molecule has 3 heteroatoms. The van der Waals surface area contributed by atoms with E-state index < -0.39 is 0 Å². The van der Waals surface area contributed by atoms with E-state index in [4.69, 9.17) is 15.2 Å². The van der Waals surface area contributed by atoms with Crippen molar-refractivity contribution < 1.29 is 9.47 Å². The third-order valence-corrected chi connectivity index (χ3v) is 2.56. The minimum Gasteiger partial charge on any atom is -0.491 e. The van der Waals surface area contributed by atoms with Crippen LogP contribution in [0, 0.1) is 6.92 Å². The van der Waals surface area contributed by atoms with Gasteiger partial charge < -0.3 is 15.2 Å². The zero-order chi connectivity index (χ0) is 12.5. The maximum absolute atomic E-state index is 5.68. The molecule has 0 aromatic heterocycles. The summed E-state index contributed by atoms with van der Waals surface area (Å²) < 4.78 is 11.1.